The van der Waals surface area contributed by atoms with Crippen LogP contribution in [0.5, 0.6) is 0 Å². The van der Waals surface area contributed by atoms with Crippen LogP contribution in [0.4, 0.5) is 5.69 Å². The van der Waals surface area contributed by atoms with Gasteiger partial charge in [0.25, 0.3) is 0 Å². The van der Waals surface area contributed by atoms with E-state index in [1.165, 1.54) is 26.9 Å². The normalized spacial score (nSPS) is 19.1. The highest BCUT2D eigenvalue weighted by atomic mass is 35.5. The van der Waals surface area contributed by atoms with Crippen LogP contribution in [-0.2, 0) is 12.8 Å². The molecule has 0 amide bonds. The van der Waals surface area contributed by atoms with Crippen LogP contribution in [0, 0.1) is 5.92 Å². The molecule has 0 aliphatic carbocycles. The Kier molecular flexibility index (Phi) is 2.80. The van der Waals surface area contributed by atoms with Crippen molar-refractivity contribution in [2.24, 2.45) is 5.92 Å². The number of nitrogens with one attached hydrogen (secondary N) is 1. The van der Waals surface area contributed by atoms with E-state index in [-0.39, 0.29) is 0 Å². The van der Waals surface area contributed by atoms with Gasteiger partial charge in [0.15, 0.2) is 0 Å². The predicted molar refractivity (Wildman–Crippen MR) is 77.6 cm³/mol. The van der Waals surface area contributed by atoms with Gasteiger partial charge in [-0.25, -0.2) is 0 Å². The second-order valence-electron chi connectivity index (χ2n) is 4.84. The van der Waals surface area contributed by atoms with Gasteiger partial charge in [-0.1, -0.05) is 25.4 Å². The summed E-state index contributed by atoms with van der Waals surface area (Å²) in [6.45, 7) is 5.56. The summed E-state index contributed by atoms with van der Waals surface area (Å²) in [5, 5.41) is 5.75. The molecule has 1 aromatic heterocycles. The van der Waals surface area contributed by atoms with Gasteiger partial charge < -0.3 is 5.32 Å². The van der Waals surface area contributed by atoms with Gasteiger partial charge in [0.1, 0.15) is 0 Å². The first-order chi connectivity index (χ1) is 8.20. The number of anilines is 1. The molecule has 90 valence electrons. The number of halogens is 1. The molecule has 0 bridgehead atoms. The van der Waals surface area contributed by atoms with E-state index in [1.54, 1.807) is 0 Å². The molecule has 1 unspecified atom stereocenters. The Hall–Kier alpha value is -0.730. The van der Waals surface area contributed by atoms with E-state index < -0.39 is 0 Å². The van der Waals surface area contributed by atoms with Crippen molar-refractivity contribution < 1.29 is 0 Å². The third kappa shape index (κ3) is 1.74. The summed E-state index contributed by atoms with van der Waals surface area (Å²) >= 11 is 8.25. The molecule has 0 saturated heterocycles. The summed E-state index contributed by atoms with van der Waals surface area (Å²) in [6, 6.07) is 4.17. The van der Waals surface area contributed by atoms with Crippen molar-refractivity contribution in [2.45, 2.75) is 26.7 Å². The molecule has 0 radical (unpaired) electrons. The lowest BCUT2D eigenvalue weighted by Gasteiger charge is -2.10. The summed E-state index contributed by atoms with van der Waals surface area (Å²) in [5.74, 6) is 0.668. The molecule has 17 heavy (non-hydrogen) atoms. The maximum Gasteiger partial charge on any atom is 0.0644 e. The molecule has 1 atom stereocenters. The fourth-order valence-electron chi connectivity index (χ4n) is 2.65. The van der Waals surface area contributed by atoms with Gasteiger partial charge in [0, 0.05) is 21.5 Å². The molecule has 3 rings (SSSR count). The minimum atomic E-state index is 0.668. The van der Waals surface area contributed by atoms with Crippen molar-refractivity contribution in [2.75, 3.05) is 11.9 Å². The van der Waals surface area contributed by atoms with Crippen molar-refractivity contribution in [3.8, 4) is 0 Å². The number of hydrogen-bond acceptors (Lipinski definition) is 2. The first kappa shape index (κ1) is 11.4. The van der Waals surface area contributed by atoms with Crippen LogP contribution in [0.1, 0.15) is 24.3 Å². The van der Waals surface area contributed by atoms with Crippen molar-refractivity contribution in [3.63, 3.8) is 0 Å². The monoisotopic (exact) mass is 265 g/mol. The smallest absolute Gasteiger partial charge is 0.0644 e. The summed E-state index contributed by atoms with van der Waals surface area (Å²) in [5.41, 5.74) is 2.68. The summed E-state index contributed by atoms with van der Waals surface area (Å²) in [4.78, 5) is 1.53. The van der Waals surface area contributed by atoms with E-state index >= 15 is 0 Å². The standard InChI is InChI=1S/C14H16ClNS/c1-3-11-9-6-8(2)7-16-14-10(15)4-5-12(17-11)13(9)14/h4-5,8,16H,3,6-7H2,1-2H3. The first-order valence-corrected chi connectivity index (χ1v) is 7.36. The Morgan fingerprint density at radius 2 is 2.29 bits per heavy atom. The molecule has 1 aromatic carbocycles. The second-order valence-corrected chi connectivity index (χ2v) is 6.39. The van der Waals surface area contributed by atoms with Gasteiger partial charge in [0.05, 0.1) is 10.7 Å². The molecule has 1 N–H and O–H groups in total. The molecule has 0 saturated carbocycles. The number of hydrogen-bond donors (Lipinski definition) is 1. The van der Waals surface area contributed by atoms with Crippen LogP contribution >= 0.6 is 22.9 Å². The summed E-state index contributed by atoms with van der Waals surface area (Å²) in [6.07, 6.45) is 2.29. The minimum absolute atomic E-state index is 0.668. The van der Waals surface area contributed by atoms with Crippen molar-refractivity contribution in [1.82, 2.24) is 0 Å². The van der Waals surface area contributed by atoms with Gasteiger partial charge in [-0.2, -0.15) is 0 Å². The van der Waals surface area contributed by atoms with Crippen LogP contribution < -0.4 is 5.32 Å². The van der Waals surface area contributed by atoms with Crippen molar-refractivity contribution in [1.29, 1.82) is 0 Å². The van der Waals surface area contributed by atoms with Gasteiger partial charge in [-0.15, -0.1) is 11.3 Å². The topological polar surface area (TPSA) is 12.0 Å². The van der Waals surface area contributed by atoms with E-state index in [0.717, 1.165) is 23.7 Å². The van der Waals surface area contributed by atoms with Crippen LogP contribution in [0.25, 0.3) is 10.1 Å². The molecule has 2 aromatic rings. The number of benzene rings is 1. The van der Waals surface area contributed by atoms with Crippen LogP contribution in [0.2, 0.25) is 5.02 Å². The van der Waals surface area contributed by atoms with E-state index in [2.05, 4.69) is 25.2 Å². The molecule has 1 aliphatic rings. The lowest BCUT2D eigenvalue weighted by Crippen LogP contribution is -2.11. The van der Waals surface area contributed by atoms with Crippen molar-refractivity contribution >= 4 is 38.7 Å². The minimum Gasteiger partial charge on any atom is -0.383 e. The SMILES string of the molecule is CCc1sc2ccc(Cl)c3c2c1CC(C)CN3. The zero-order chi connectivity index (χ0) is 12.0. The maximum absolute atomic E-state index is 6.32. The highest BCUT2D eigenvalue weighted by molar-refractivity contribution is 7.19. The third-order valence-corrected chi connectivity index (χ3v) is 5.15. The zero-order valence-corrected chi connectivity index (χ0v) is 11.7. The Bertz CT molecular complexity index is 573. The highest BCUT2D eigenvalue weighted by Gasteiger charge is 2.21. The van der Waals surface area contributed by atoms with Gasteiger partial charge >= 0.3 is 0 Å². The molecule has 2 heterocycles. The fourth-order valence-corrected chi connectivity index (χ4v) is 4.05. The fraction of sp³-hybridized carbons (Fsp3) is 0.429. The lowest BCUT2D eigenvalue weighted by atomic mass is 9.99. The summed E-state index contributed by atoms with van der Waals surface area (Å²) < 4.78 is 1.37. The Balaban J connectivity index is 2.35. The Labute approximate surface area is 111 Å². The molecule has 1 nitrogen and oxygen atoms in total. The second kappa shape index (κ2) is 4.18. The number of rotatable bonds is 1. The van der Waals surface area contributed by atoms with Crippen LogP contribution in [-0.4, -0.2) is 6.54 Å². The van der Waals surface area contributed by atoms with E-state index in [9.17, 15) is 0 Å². The Morgan fingerprint density at radius 1 is 1.47 bits per heavy atom. The molecular formula is C14H16ClNS. The van der Waals surface area contributed by atoms with E-state index in [0.29, 0.717) is 5.92 Å². The van der Waals surface area contributed by atoms with Crippen molar-refractivity contribution in [3.05, 3.63) is 27.6 Å². The quantitative estimate of drug-likeness (QED) is 0.787. The largest absolute Gasteiger partial charge is 0.383 e. The molecular weight excluding hydrogens is 250 g/mol. The van der Waals surface area contributed by atoms with E-state index in [4.69, 9.17) is 11.6 Å². The van der Waals surface area contributed by atoms with Gasteiger partial charge in [-0.3, -0.25) is 0 Å². The maximum atomic E-state index is 6.32. The van der Waals surface area contributed by atoms with Gasteiger partial charge in [-0.05, 0) is 36.5 Å². The molecule has 3 heteroatoms. The lowest BCUT2D eigenvalue weighted by molar-refractivity contribution is 0.618. The van der Waals surface area contributed by atoms with Gasteiger partial charge in [0.2, 0.25) is 0 Å². The zero-order valence-electron chi connectivity index (χ0n) is 10.1. The molecule has 0 spiro atoms. The number of aryl methyl sites for hydroxylation is 1. The molecule has 0 fully saturated rings. The first-order valence-electron chi connectivity index (χ1n) is 6.17. The highest BCUT2D eigenvalue weighted by Crippen LogP contribution is 2.42. The van der Waals surface area contributed by atoms with E-state index in [1.807, 2.05) is 17.4 Å². The molecule has 1 aliphatic heterocycles. The van der Waals surface area contributed by atoms with Crippen LogP contribution in [0.15, 0.2) is 12.1 Å². The number of thiophene rings is 1. The third-order valence-electron chi connectivity index (χ3n) is 3.49. The van der Waals surface area contributed by atoms with Crippen LogP contribution in [0.3, 0.4) is 0 Å². The average molecular weight is 266 g/mol. The Morgan fingerprint density at radius 3 is 3.06 bits per heavy atom. The average Bonchev–Trinajstić information content (AvgIpc) is 2.56. The predicted octanol–water partition coefficient (Wildman–Crippen LogP) is 4.72. The summed E-state index contributed by atoms with van der Waals surface area (Å²) in [7, 11) is 0.